The molecular weight excluding hydrogens is 366 g/mol. The van der Waals surface area contributed by atoms with Gasteiger partial charge in [0.15, 0.2) is 17.2 Å². The molecule has 154 valence electrons. The molecule has 6 heteroatoms. The number of carbonyl (C=O) groups excluding carboxylic acids is 2. The Hall–Kier alpha value is -1.40. The number of rotatable bonds is 2. The molecule has 3 unspecified atom stereocenters. The second kappa shape index (κ2) is 6.05. The van der Waals surface area contributed by atoms with E-state index >= 15 is 8.78 Å². The summed E-state index contributed by atoms with van der Waals surface area (Å²) >= 11 is 0. The van der Waals surface area contributed by atoms with Gasteiger partial charge in [-0.05, 0) is 61.2 Å². The van der Waals surface area contributed by atoms with Gasteiger partial charge in [0.2, 0.25) is 0 Å². The number of allylic oxidation sites excluding steroid dienone is 4. The molecule has 3 saturated carbocycles. The molecule has 2 N–H and O–H groups in total. The van der Waals surface area contributed by atoms with Crippen LogP contribution >= 0.6 is 0 Å². The van der Waals surface area contributed by atoms with Crippen LogP contribution in [-0.2, 0) is 9.59 Å². The molecule has 0 bridgehead atoms. The first kappa shape index (κ1) is 19.9. The van der Waals surface area contributed by atoms with Crippen molar-refractivity contribution in [3.05, 3.63) is 23.8 Å². The lowest BCUT2D eigenvalue weighted by atomic mass is 9.45. The third-order valence-corrected chi connectivity index (χ3v) is 8.47. The molecule has 0 aliphatic heterocycles. The topological polar surface area (TPSA) is 74.6 Å². The summed E-state index contributed by atoms with van der Waals surface area (Å²) in [6.07, 6.45) is 1.52. The summed E-state index contributed by atoms with van der Waals surface area (Å²) in [5.41, 5.74) is -4.09. The van der Waals surface area contributed by atoms with Crippen molar-refractivity contribution >= 4 is 11.6 Å². The predicted molar refractivity (Wildman–Crippen MR) is 98.8 cm³/mol. The highest BCUT2D eigenvalue weighted by molar-refractivity contribution is 6.01. The number of alkyl halides is 2. The van der Waals surface area contributed by atoms with Crippen molar-refractivity contribution in [2.24, 2.45) is 34.5 Å². The van der Waals surface area contributed by atoms with Gasteiger partial charge in [-0.25, -0.2) is 8.78 Å². The van der Waals surface area contributed by atoms with Gasteiger partial charge in [0, 0.05) is 17.3 Å². The third-order valence-electron chi connectivity index (χ3n) is 8.47. The maximum Gasteiger partial charge on any atom is 0.178 e. The summed E-state index contributed by atoms with van der Waals surface area (Å²) in [6.45, 7) is 4.78. The van der Waals surface area contributed by atoms with Gasteiger partial charge in [-0.15, -0.1) is 0 Å². The zero-order chi connectivity index (χ0) is 20.6. The van der Waals surface area contributed by atoms with Crippen molar-refractivity contribution in [1.29, 1.82) is 0 Å². The molecule has 28 heavy (non-hydrogen) atoms. The van der Waals surface area contributed by atoms with Crippen LogP contribution in [0.2, 0.25) is 0 Å². The summed E-state index contributed by atoms with van der Waals surface area (Å²) in [7, 11) is 0. The van der Waals surface area contributed by atoms with Crippen molar-refractivity contribution in [3.8, 4) is 0 Å². The van der Waals surface area contributed by atoms with E-state index in [1.165, 1.54) is 18.2 Å². The molecule has 0 amide bonds. The average molecular weight is 394 g/mol. The van der Waals surface area contributed by atoms with Crippen LogP contribution < -0.4 is 0 Å². The van der Waals surface area contributed by atoms with Crippen LogP contribution in [0.3, 0.4) is 0 Å². The molecule has 4 rings (SSSR count). The Labute approximate surface area is 163 Å². The molecule has 3 fully saturated rings. The molecule has 0 saturated heterocycles. The van der Waals surface area contributed by atoms with Crippen LogP contribution in [0.1, 0.15) is 40.0 Å². The minimum atomic E-state index is -2.11. The van der Waals surface area contributed by atoms with E-state index in [4.69, 9.17) is 0 Å². The minimum Gasteiger partial charge on any atom is -0.390 e. The molecule has 0 spiro atoms. The fraction of sp³-hybridized carbons (Fsp3) is 0.727. The van der Waals surface area contributed by atoms with Crippen LogP contribution in [-0.4, -0.2) is 46.3 Å². The second-order valence-corrected chi connectivity index (χ2v) is 9.76. The highest BCUT2D eigenvalue weighted by atomic mass is 19.1. The van der Waals surface area contributed by atoms with Crippen LogP contribution in [0.15, 0.2) is 23.8 Å². The molecule has 0 aromatic heterocycles. The molecule has 0 radical (unpaired) electrons. The lowest BCUT2D eigenvalue weighted by Crippen LogP contribution is -2.68. The Kier molecular flexibility index (Phi) is 4.30. The number of aliphatic hydroxyl groups excluding tert-OH is 2. The van der Waals surface area contributed by atoms with E-state index in [-0.39, 0.29) is 41.8 Å². The first-order valence-corrected chi connectivity index (χ1v) is 10.1. The standard InChI is InChI=1S/C22H28F2O4/c1-11-6-13-14-8-16(23)15-7-12(26)4-5-21(15,3)22(14,24)18(28)9-20(13,2)19(11)17(27)10-25/h4-5,7,11,13-14,16,18-19,25,28H,6,8-10H2,1-3H3/t11-,13?,14?,16+,18+,19?,20+,21+,22+/m1/s1. The summed E-state index contributed by atoms with van der Waals surface area (Å²) in [4.78, 5) is 24.3. The van der Waals surface area contributed by atoms with Crippen molar-refractivity contribution in [2.75, 3.05) is 6.61 Å². The van der Waals surface area contributed by atoms with E-state index in [9.17, 15) is 19.8 Å². The van der Waals surface area contributed by atoms with E-state index in [2.05, 4.69) is 0 Å². The normalized spacial score (nSPS) is 52.5. The SMILES string of the molecule is C[C@@H]1CC2C3C[C@H](F)C4=CC(=O)C=C[C@]4(C)[C@@]3(F)[C@@H](O)C[C@]2(C)C1C(=O)CO. The summed E-state index contributed by atoms with van der Waals surface area (Å²) in [5.74, 6) is -2.26. The predicted octanol–water partition coefficient (Wildman–Crippen LogP) is 2.73. The second-order valence-electron chi connectivity index (χ2n) is 9.76. The summed E-state index contributed by atoms with van der Waals surface area (Å²) in [5, 5.41) is 20.5. The highest BCUT2D eigenvalue weighted by Gasteiger charge is 2.73. The number of ketones is 2. The van der Waals surface area contributed by atoms with E-state index < -0.39 is 47.2 Å². The largest absolute Gasteiger partial charge is 0.390 e. The number of fused-ring (bicyclic) bond motifs is 5. The van der Waals surface area contributed by atoms with E-state index in [0.29, 0.717) is 6.42 Å². The van der Waals surface area contributed by atoms with E-state index in [1.807, 2.05) is 13.8 Å². The number of aliphatic hydroxyl groups is 2. The molecule has 9 atom stereocenters. The Balaban J connectivity index is 1.84. The Bertz CT molecular complexity index is 791. The zero-order valence-electron chi connectivity index (χ0n) is 16.5. The van der Waals surface area contributed by atoms with Gasteiger partial charge in [0.25, 0.3) is 0 Å². The third kappa shape index (κ3) is 2.22. The summed E-state index contributed by atoms with van der Waals surface area (Å²) in [6, 6.07) is 0. The lowest BCUT2D eigenvalue weighted by Gasteiger charge is -2.62. The van der Waals surface area contributed by atoms with Gasteiger partial charge < -0.3 is 10.2 Å². The molecule has 4 aliphatic rings. The maximum atomic E-state index is 16.8. The summed E-state index contributed by atoms with van der Waals surface area (Å²) < 4.78 is 32.0. The lowest BCUT2D eigenvalue weighted by molar-refractivity contribution is -0.202. The zero-order valence-corrected chi connectivity index (χ0v) is 16.5. The van der Waals surface area contributed by atoms with Crippen LogP contribution in [0.4, 0.5) is 8.78 Å². The van der Waals surface area contributed by atoms with Crippen molar-refractivity contribution < 1.29 is 28.6 Å². The molecule has 0 heterocycles. The maximum absolute atomic E-state index is 16.8. The first-order valence-electron chi connectivity index (χ1n) is 10.1. The number of halogens is 2. The highest BCUT2D eigenvalue weighted by Crippen LogP contribution is 2.70. The van der Waals surface area contributed by atoms with Crippen molar-refractivity contribution in [2.45, 2.75) is 58.0 Å². The fourth-order valence-electron chi connectivity index (χ4n) is 7.36. The average Bonchev–Trinajstić information content (AvgIpc) is 2.89. The molecule has 4 aliphatic carbocycles. The number of hydrogen-bond acceptors (Lipinski definition) is 4. The van der Waals surface area contributed by atoms with Gasteiger partial charge in [0.05, 0.1) is 6.10 Å². The van der Waals surface area contributed by atoms with Gasteiger partial charge in [-0.1, -0.05) is 19.9 Å². The van der Waals surface area contributed by atoms with E-state index in [0.717, 1.165) is 0 Å². The van der Waals surface area contributed by atoms with Crippen LogP contribution in [0.5, 0.6) is 0 Å². The smallest absolute Gasteiger partial charge is 0.178 e. The quantitative estimate of drug-likeness (QED) is 0.755. The molecule has 0 aromatic carbocycles. The number of carbonyl (C=O) groups is 2. The number of Topliss-reactive ketones (excluding diaryl/α,β-unsaturated/α-hetero) is 1. The number of hydrogen-bond donors (Lipinski definition) is 2. The van der Waals surface area contributed by atoms with Crippen molar-refractivity contribution in [1.82, 2.24) is 0 Å². The minimum absolute atomic E-state index is 0.0736. The van der Waals surface area contributed by atoms with Crippen LogP contribution in [0.25, 0.3) is 0 Å². The van der Waals surface area contributed by atoms with Gasteiger partial charge in [-0.3, -0.25) is 9.59 Å². The molecule has 0 aromatic rings. The van der Waals surface area contributed by atoms with Gasteiger partial charge >= 0.3 is 0 Å². The van der Waals surface area contributed by atoms with E-state index in [1.54, 1.807) is 6.92 Å². The first-order chi connectivity index (χ1) is 13.0. The molecule has 4 nitrogen and oxygen atoms in total. The van der Waals surface area contributed by atoms with Crippen molar-refractivity contribution in [3.63, 3.8) is 0 Å². The van der Waals surface area contributed by atoms with Gasteiger partial charge in [-0.2, -0.15) is 0 Å². The Morgan fingerprint density at radius 1 is 1.29 bits per heavy atom. The Morgan fingerprint density at radius 3 is 2.61 bits per heavy atom. The monoisotopic (exact) mass is 394 g/mol. The Morgan fingerprint density at radius 2 is 1.96 bits per heavy atom. The molecular formula is C22H28F2O4. The van der Waals surface area contributed by atoms with Gasteiger partial charge in [0.1, 0.15) is 12.8 Å². The fourth-order valence-corrected chi connectivity index (χ4v) is 7.36. The van der Waals surface area contributed by atoms with Crippen LogP contribution in [0, 0.1) is 34.5 Å².